The van der Waals surface area contributed by atoms with Crippen LogP contribution in [0.5, 0.6) is 0 Å². The first-order chi connectivity index (χ1) is 12.0. The Kier molecular flexibility index (Phi) is 6.76. The van der Waals surface area contributed by atoms with Gasteiger partial charge in [-0.3, -0.25) is 9.59 Å². The van der Waals surface area contributed by atoms with Gasteiger partial charge in [-0.25, -0.2) is 0 Å². The summed E-state index contributed by atoms with van der Waals surface area (Å²) in [5.74, 6) is -0.0840. The number of nitrogens with zero attached hydrogens (tertiary/aromatic N) is 1. The van der Waals surface area contributed by atoms with Gasteiger partial charge in [-0.05, 0) is 63.1 Å². The van der Waals surface area contributed by atoms with E-state index in [1.54, 1.807) is 29.2 Å². The van der Waals surface area contributed by atoms with Crippen LogP contribution in [-0.4, -0.2) is 29.8 Å². The van der Waals surface area contributed by atoms with Gasteiger partial charge in [0.1, 0.15) is 0 Å². The Balaban J connectivity index is 2.07. The molecular formula is C20H26N2O2S. The van der Waals surface area contributed by atoms with Gasteiger partial charge in [0.05, 0.1) is 4.88 Å². The molecule has 2 rings (SSSR count). The van der Waals surface area contributed by atoms with Crippen LogP contribution in [0.2, 0.25) is 0 Å². The molecule has 1 heterocycles. The fraction of sp³-hybridized carbons (Fsp3) is 0.400. The molecule has 0 aliphatic heterocycles. The first-order valence-corrected chi connectivity index (χ1v) is 9.61. The number of aryl methyl sites for hydroxylation is 2. The molecule has 0 unspecified atom stereocenters. The van der Waals surface area contributed by atoms with Crippen molar-refractivity contribution in [1.29, 1.82) is 0 Å². The van der Waals surface area contributed by atoms with Crippen LogP contribution >= 0.6 is 11.3 Å². The first kappa shape index (κ1) is 19.2. The number of carbonyl (C=O) groups is 2. The van der Waals surface area contributed by atoms with Gasteiger partial charge in [0.15, 0.2) is 0 Å². The maximum atomic E-state index is 12.4. The van der Waals surface area contributed by atoms with Crippen molar-refractivity contribution in [3.05, 3.63) is 51.2 Å². The molecule has 0 bridgehead atoms. The molecule has 0 spiro atoms. The number of thiophene rings is 1. The van der Waals surface area contributed by atoms with E-state index in [0.29, 0.717) is 24.3 Å². The van der Waals surface area contributed by atoms with Crippen LogP contribution < -0.4 is 5.32 Å². The molecule has 2 amide bonds. The maximum Gasteiger partial charge on any atom is 0.265 e. The van der Waals surface area contributed by atoms with Gasteiger partial charge in [0.2, 0.25) is 0 Å². The van der Waals surface area contributed by atoms with Crippen molar-refractivity contribution < 1.29 is 9.59 Å². The van der Waals surface area contributed by atoms with E-state index in [2.05, 4.69) is 19.2 Å². The Morgan fingerprint density at radius 3 is 2.28 bits per heavy atom. The Morgan fingerprint density at radius 2 is 1.72 bits per heavy atom. The molecule has 5 heteroatoms. The lowest BCUT2D eigenvalue weighted by Gasteiger charge is -2.18. The van der Waals surface area contributed by atoms with Gasteiger partial charge in [0.25, 0.3) is 11.8 Å². The minimum Gasteiger partial charge on any atom is -0.339 e. The van der Waals surface area contributed by atoms with Crippen LogP contribution in [0.3, 0.4) is 0 Å². The molecule has 2 aromatic rings. The largest absolute Gasteiger partial charge is 0.339 e. The second-order valence-corrected chi connectivity index (χ2v) is 7.21. The van der Waals surface area contributed by atoms with Crippen molar-refractivity contribution in [2.75, 3.05) is 18.4 Å². The molecule has 1 aromatic heterocycles. The van der Waals surface area contributed by atoms with Crippen LogP contribution in [0, 0.1) is 6.92 Å². The van der Waals surface area contributed by atoms with Gasteiger partial charge >= 0.3 is 0 Å². The molecule has 1 N–H and O–H groups in total. The van der Waals surface area contributed by atoms with Crippen molar-refractivity contribution in [1.82, 2.24) is 4.90 Å². The Labute approximate surface area is 153 Å². The average Bonchev–Trinajstić information content (AvgIpc) is 2.98. The predicted octanol–water partition coefficient (Wildman–Crippen LogP) is 4.74. The zero-order valence-electron chi connectivity index (χ0n) is 15.4. The molecule has 0 saturated heterocycles. The summed E-state index contributed by atoms with van der Waals surface area (Å²) in [5, 5.41) is 2.91. The smallest absolute Gasteiger partial charge is 0.265 e. The van der Waals surface area contributed by atoms with Crippen molar-refractivity contribution in [2.24, 2.45) is 0 Å². The van der Waals surface area contributed by atoms with Crippen LogP contribution in [-0.2, 0) is 6.42 Å². The Hall–Kier alpha value is -2.14. The highest BCUT2D eigenvalue weighted by Gasteiger charge is 2.14. The number of rotatable bonds is 7. The Bertz CT molecular complexity index is 731. The van der Waals surface area contributed by atoms with E-state index in [0.717, 1.165) is 17.7 Å². The predicted molar refractivity (Wildman–Crippen MR) is 105 cm³/mol. The van der Waals surface area contributed by atoms with E-state index in [9.17, 15) is 9.59 Å². The van der Waals surface area contributed by atoms with Gasteiger partial charge in [-0.2, -0.15) is 0 Å². The summed E-state index contributed by atoms with van der Waals surface area (Å²) >= 11 is 1.53. The van der Waals surface area contributed by atoms with E-state index in [-0.39, 0.29) is 11.8 Å². The summed E-state index contributed by atoms with van der Waals surface area (Å²) in [5.41, 5.74) is 2.58. The highest BCUT2D eigenvalue weighted by molar-refractivity contribution is 7.14. The summed E-state index contributed by atoms with van der Waals surface area (Å²) < 4.78 is 0. The fourth-order valence-corrected chi connectivity index (χ4v) is 3.70. The summed E-state index contributed by atoms with van der Waals surface area (Å²) in [4.78, 5) is 28.4. The summed E-state index contributed by atoms with van der Waals surface area (Å²) in [6.07, 6.45) is 2.07. The third-order valence-electron chi connectivity index (χ3n) is 4.20. The SMILES string of the molecule is CCCc1cc(C(=O)Nc2ccc(C(=O)N(CC)CC)cc2)sc1C. The monoisotopic (exact) mass is 358 g/mol. The summed E-state index contributed by atoms with van der Waals surface area (Å²) in [7, 11) is 0. The molecule has 0 aliphatic rings. The lowest BCUT2D eigenvalue weighted by Crippen LogP contribution is -2.30. The summed E-state index contributed by atoms with van der Waals surface area (Å²) in [6.45, 7) is 9.49. The fourth-order valence-electron chi connectivity index (χ4n) is 2.73. The minimum absolute atomic E-state index is 0.0148. The standard InChI is InChI=1S/C20H26N2O2S/c1-5-8-16-13-18(25-14(16)4)19(23)21-17-11-9-15(10-12-17)20(24)22(6-2)7-3/h9-13H,5-8H2,1-4H3,(H,21,23). The van der Waals surface area contributed by atoms with Crippen LogP contribution in [0.1, 0.15) is 57.7 Å². The number of hydrogen-bond acceptors (Lipinski definition) is 3. The average molecular weight is 359 g/mol. The number of hydrogen-bond donors (Lipinski definition) is 1. The molecule has 4 nitrogen and oxygen atoms in total. The van der Waals surface area contributed by atoms with E-state index in [1.807, 2.05) is 19.9 Å². The number of benzene rings is 1. The highest BCUT2D eigenvalue weighted by Crippen LogP contribution is 2.24. The van der Waals surface area contributed by atoms with Crippen LogP contribution in [0.15, 0.2) is 30.3 Å². The zero-order valence-corrected chi connectivity index (χ0v) is 16.2. The molecule has 0 aliphatic carbocycles. The normalized spacial score (nSPS) is 10.6. The van der Waals surface area contributed by atoms with E-state index < -0.39 is 0 Å². The van der Waals surface area contributed by atoms with E-state index in [4.69, 9.17) is 0 Å². The summed E-state index contributed by atoms with van der Waals surface area (Å²) in [6, 6.07) is 9.07. The molecule has 0 atom stereocenters. The van der Waals surface area contributed by atoms with E-state index >= 15 is 0 Å². The number of nitrogens with one attached hydrogen (secondary N) is 1. The van der Waals surface area contributed by atoms with Crippen molar-refractivity contribution in [3.8, 4) is 0 Å². The highest BCUT2D eigenvalue weighted by atomic mass is 32.1. The van der Waals surface area contributed by atoms with Crippen LogP contribution in [0.25, 0.3) is 0 Å². The van der Waals surface area contributed by atoms with Gasteiger partial charge < -0.3 is 10.2 Å². The zero-order chi connectivity index (χ0) is 18.4. The van der Waals surface area contributed by atoms with Crippen molar-refractivity contribution in [3.63, 3.8) is 0 Å². The molecule has 0 saturated carbocycles. The second-order valence-electron chi connectivity index (χ2n) is 5.95. The maximum absolute atomic E-state index is 12.4. The third-order valence-corrected chi connectivity index (χ3v) is 5.30. The van der Waals surface area contributed by atoms with Gasteiger partial charge in [0, 0.05) is 29.2 Å². The Morgan fingerprint density at radius 1 is 1.08 bits per heavy atom. The molecule has 1 aromatic carbocycles. The quantitative estimate of drug-likeness (QED) is 0.777. The molecule has 25 heavy (non-hydrogen) atoms. The number of anilines is 1. The number of amides is 2. The second kappa shape index (κ2) is 8.81. The molecule has 0 fully saturated rings. The third kappa shape index (κ3) is 4.69. The van der Waals surface area contributed by atoms with Crippen LogP contribution in [0.4, 0.5) is 5.69 Å². The van der Waals surface area contributed by atoms with Gasteiger partial charge in [-0.1, -0.05) is 13.3 Å². The first-order valence-electron chi connectivity index (χ1n) is 8.80. The molecule has 134 valence electrons. The van der Waals surface area contributed by atoms with E-state index in [1.165, 1.54) is 21.8 Å². The lowest BCUT2D eigenvalue weighted by atomic mass is 10.1. The van der Waals surface area contributed by atoms with Gasteiger partial charge in [-0.15, -0.1) is 11.3 Å². The molecular weight excluding hydrogens is 332 g/mol. The van der Waals surface area contributed by atoms with Crippen molar-refractivity contribution in [2.45, 2.75) is 40.5 Å². The lowest BCUT2D eigenvalue weighted by molar-refractivity contribution is 0.0773. The topological polar surface area (TPSA) is 49.4 Å². The van der Waals surface area contributed by atoms with Crippen molar-refractivity contribution >= 4 is 28.8 Å². The minimum atomic E-state index is -0.0988. The number of carbonyl (C=O) groups excluding carboxylic acids is 2. The molecule has 0 radical (unpaired) electrons.